The lowest BCUT2D eigenvalue weighted by Gasteiger charge is -2.18. The highest BCUT2D eigenvalue weighted by Gasteiger charge is 2.12. The summed E-state index contributed by atoms with van der Waals surface area (Å²) in [4.78, 5) is 16.3. The first-order valence-corrected chi connectivity index (χ1v) is 7.40. The van der Waals surface area contributed by atoms with Crippen LogP contribution in [0.25, 0.3) is 0 Å². The molecule has 2 aromatic rings. The normalized spacial score (nSPS) is 13.0. The molecule has 5 heteroatoms. The summed E-state index contributed by atoms with van der Waals surface area (Å²) in [6.45, 7) is 1.45. The first-order chi connectivity index (χ1) is 10.8. The molecule has 2 heterocycles. The van der Waals surface area contributed by atoms with Crippen molar-refractivity contribution in [2.24, 2.45) is 0 Å². The van der Waals surface area contributed by atoms with Gasteiger partial charge in [-0.1, -0.05) is 0 Å². The van der Waals surface area contributed by atoms with Crippen molar-refractivity contribution in [1.29, 1.82) is 0 Å². The lowest BCUT2D eigenvalue weighted by molar-refractivity contribution is 0.0950. The molecule has 114 valence electrons. The zero-order valence-electron chi connectivity index (χ0n) is 12.6. The number of carbonyl (C=O) groups excluding carboxylic acids is 1. The number of hydrogen-bond acceptors (Lipinski definition) is 4. The summed E-state index contributed by atoms with van der Waals surface area (Å²) in [6.07, 6.45) is 3.80. The minimum Gasteiger partial charge on any atom is -0.481 e. The maximum atomic E-state index is 12.3. The van der Waals surface area contributed by atoms with Crippen molar-refractivity contribution in [3.8, 4) is 5.88 Å². The van der Waals surface area contributed by atoms with E-state index in [1.807, 2.05) is 30.3 Å². The summed E-state index contributed by atoms with van der Waals surface area (Å²) in [5.74, 6) is 0.482. The molecule has 0 spiro atoms. The molecule has 0 radical (unpaired) electrons. The van der Waals surface area contributed by atoms with Gasteiger partial charge in [-0.2, -0.15) is 0 Å². The highest BCUT2D eigenvalue weighted by Crippen LogP contribution is 2.22. The average molecular weight is 297 g/mol. The fourth-order valence-electron chi connectivity index (χ4n) is 2.57. The van der Waals surface area contributed by atoms with Gasteiger partial charge in [0.15, 0.2) is 0 Å². The number of aromatic nitrogens is 1. The Bertz CT molecular complexity index is 685. The van der Waals surface area contributed by atoms with Crippen LogP contribution in [-0.4, -0.2) is 24.5 Å². The van der Waals surface area contributed by atoms with E-state index in [9.17, 15) is 4.79 Å². The summed E-state index contributed by atoms with van der Waals surface area (Å²) in [7, 11) is 1.58. The van der Waals surface area contributed by atoms with Crippen LogP contribution in [0, 0.1) is 0 Å². The zero-order chi connectivity index (χ0) is 15.4. The minimum absolute atomic E-state index is 0.0656. The van der Waals surface area contributed by atoms with Gasteiger partial charge in [0.2, 0.25) is 5.88 Å². The van der Waals surface area contributed by atoms with Crippen molar-refractivity contribution in [1.82, 2.24) is 10.3 Å². The number of carbonyl (C=O) groups is 1. The van der Waals surface area contributed by atoms with Gasteiger partial charge >= 0.3 is 0 Å². The predicted molar refractivity (Wildman–Crippen MR) is 85.2 cm³/mol. The van der Waals surface area contributed by atoms with Gasteiger partial charge in [0.1, 0.15) is 0 Å². The van der Waals surface area contributed by atoms with E-state index in [0.29, 0.717) is 18.0 Å². The van der Waals surface area contributed by atoms with Crippen molar-refractivity contribution < 1.29 is 9.53 Å². The number of nitrogens with one attached hydrogen (secondary N) is 2. The Morgan fingerprint density at radius 3 is 3.14 bits per heavy atom. The standard InChI is InChI=1S/C17H19N3O2/c1-22-16-9-12(6-8-19-16)11-20-17(21)14-4-5-15-13(10-14)3-2-7-18-15/h4-6,8-10,18H,2-3,7,11H2,1H3,(H,20,21). The highest BCUT2D eigenvalue weighted by atomic mass is 16.5. The maximum absolute atomic E-state index is 12.3. The van der Waals surface area contributed by atoms with Crippen LogP contribution in [0.15, 0.2) is 36.5 Å². The van der Waals surface area contributed by atoms with E-state index in [4.69, 9.17) is 4.74 Å². The van der Waals surface area contributed by atoms with Crippen LogP contribution in [0.4, 0.5) is 5.69 Å². The summed E-state index contributed by atoms with van der Waals surface area (Å²) >= 11 is 0. The molecule has 1 aromatic carbocycles. The second kappa shape index (κ2) is 6.47. The van der Waals surface area contributed by atoms with Crippen molar-refractivity contribution in [2.45, 2.75) is 19.4 Å². The third-order valence-electron chi connectivity index (χ3n) is 3.77. The molecule has 1 amide bonds. The number of aryl methyl sites for hydroxylation is 1. The molecule has 1 aliphatic heterocycles. The smallest absolute Gasteiger partial charge is 0.251 e. The van der Waals surface area contributed by atoms with Crippen LogP contribution < -0.4 is 15.4 Å². The van der Waals surface area contributed by atoms with E-state index in [1.165, 1.54) is 5.56 Å². The molecular weight excluding hydrogens is 278 g/mol. The van der Waals surface area contributed by atoms with Crippen molar-refractivity contribution in [2.75, 3.05) is 19.0 Å². The number of amides is 1. The number of benzene rings is 1. The summed E-state index contributed by atoms with van der Waals surface area (Å²) < 4.78 is 5.08. The van der Waals surface area contributed by atoms with Gasteiger partial charge in [-0.05, 0) is 48.2 Å². The van der Waals surface area contributed by atoms with Gasteiger partial charge in [-0.15, -0.1) is 0 Å². The fourth-order valence-corrected chi connectivity index (χ4v) is 2.57. The number of anilines is 1. The number of rotatable bonds is 4. The molecule has 0 saturated carbocycles. The summed E-state index contributed by atoms with van der Waals surface area (Å²) in [6, 6.07) is 9.50. The number of ether oxygens (including phenoxy) is 1. The Morgan fingerprint density at radius 2 is 2.27 bits per heavy atom. The van der Waals surface area contributed by atoms with Gasteiger partial charge in [0.05, 0.1) is 7.11 Å². The van der Waals surface area contributed by atoms with Crippen LogP contribution in [0.1, 0.15) is 27.9 Å². The van der Waals surface area contributed by atoms with E-state index in [-0.39, 0.29) is 5.91 Å². The first-order valence-electron chi connectivity index (χ1n) is 7.40. The van der Waals surface area contributed by atoms with Crippen LogP contribution in [0.2, 0.25) is 0 Å². The van der Waals surface area contributed by atoms with E-state index in [1.54, 1.807) is 13.3 Å². The first kappa shape index (κ1) is 14.4. The minimum atomic E-state index is -0.0656. The summed E-state index contributed by atoms with van der Waals surface area (Å²) in [5, 5.41) is 6.28. The molecule has 3 rings (SSSR count). The van der Waals surface area contributed by atoms with Crippen molar-refractivity contribution in [3.05, 3.63) is 53.2 Å². The largest absolute Gasteiger partial charge is 0.481 e. The van der Waals surface area contributed by atoms with Crippen molar-refractivity contribution in [3.63, 3.8) is 0 Å². The van der Waals surface area contributed by atoms with Gasteiger partial charge in [-0.3, -0.25) is 4.79 Å². The third-order valence-corrected chi connectivity index (χ3v) is 3.77. The second-order valence-corrected chi connectivity index (χ2v) is 5.29. The van der Waals surface area contributed by atoms with E-state index < -0.39 is 0 Å². The molecule has 0 unspecified atom stereocenters. The van der Waals surface area contributed by atoms with Gasteiger partial charge in [0.25, 0.3) is 5.91 Å². The Hall–Kier alpha value is -2.56. The number of pyridine rings is 1. The molecule has 22 heavy (non-hydrogen) atoms. The van der Waals surface area contributed by atoms with E-state index >= 15 is 0 Å². The SMILES string of the molecule is COc1cc(CNC(=O)c2ccc3c(c2)CCCN3)ccn1. The lowest BCUT2D eigenvalue weighted by Crippen LogP contribution is -2.23. The molecule has 5 nitrogen and oxygen atoms in total. The zero-order valence-corrected chi connectivity index (χ0v) is 12.6. The molecule has 0 fully saturated rings. The van der Waals surface area contributed by atoms with E-state index in [2.05, 4.69) is 15.6 Å². The number of nitrogens with zero attached hydrogens (tertiary/aromatic N) is 1. The van der Waals surface area contributed by atoms with Gasteiger partial charge in [0, 0.05) is 36.6 Å². The maximum Gasteiger partial charge on any atom is 0.251 e. The third kappa shape index (κ3) is 3.19. The van der Waals surface area contributed by atoms with E-state index in [0.717, 1.165) is 30.6 Å². The van der Waals surface area contributed by atoms with Crippen LogP contribution in [0.5, 0.6) is 5.88 Å². The Kier molecular flexibility index (Phi) is 4.23. The molecule has 0 bridgehead atoms. The second-order valence-electron chi connectivity index (χ2n) is 5.29. The van der Waals surface area contributed by atoms with Crippen LogP contribution in [-0.2, 0) is 13.0 Å². The number of hydrogen-bond donors (Lipinski definition) is 2. The predicted octanol–water partition coefficient (Wildman–Crippen LogP) is 2.38. The van der Waals surface area contributed by atoms with Crippen molar-refractivity contribution >= 4 is 11.6 Å². The summed E-state index contributed by atoms with van der Waals surface area (Å²) in [5.41, 5.74) is 4.01. The molecule has 0 aliphatic carbocycles. The Balaban J connectivity index is 1.66. The van der Waals surface area contributed by atoms with Crippen LogP contribution in [0.3, 0.4) is 0 Å². The number of methoxy groups -OCH3 is 1. The quantitative estimate of drug-likeness (QED) is 0.909. The Morgan fingerprint density at radius 1 is 1.36 bits per heavy atom. The molecule has 0 saturated heterocycles. The average Bonchev–Trinajstić information content (AvgIpc) is 2.59. The lowest BCUT2D eigenvalue weighted by atomic mass is 10.0. The topological polar surface area (TPSA) is 63.2 Å². The molecule has 0 atom stereocenters. The van der Waals surface area contributed by atoms with Gasteiger partial charge in [-0.25, -0.2) is 4.98 Å². The number of fused-ring (bicyclic) bond motifs is 1. The Labute approximate surface area is 129 Å². The van der Waals surface area contributed by atoms with Crippen LogP contribution >= 0.6 is 0 Å². The van der Waals surface area contributed by atoms with Gasteiger partial charge < -0.3 is 15.4 Å². The molecule has 1 aliphatic rings. The molecule has 2 N–H and O–H groups in total. The highest BCUT2D eigenvalue weighted by molar-refractivity contribution is 5.94. The fraction of sp³-hybridized carbons (Fsp3) is 0.294. The molecular formula is C17H19N3O2. The monoisotopic (exact) mass is 297 g/mol. The molecule has 1 aromatic heterocycles.